The van der Waals surface area contributed by atoms with Gasteiger partial charge in [-0.1, -0.05) is 41.4 Å². The molecule has 138 valence electrons. The minimum atomic E-state index is -0.149. The zero-order chi connectivity index (χ0) is 19.1. The number of rotatable bonds is 7. The molecule has 2 amide bonds. The predicted octanol–water partition coefficient (Wildman–Crippen LogP) is 4.72. The number of halogens is 2. The monoisotopic (exact) mass is 392 g/mol. The summed E-state index contributed by atoms with van der Waals surface area (Å²) in [5.74, 6) is -0.205. The van der Waals surface area contributed by atoms with Gasteiger partial charge in [0.2, 0.25) is 11.8 Å². The maximum absolute atomic E-state index is 12.2. The van der Waals surface area contributed by atoms with Gasteiger partial charge in [0, 0.05) is 42.2 Å². The minimum Gasteiger partial charge on any atom is -0.342 e. The topological polar surface area (TPSA) is 49.4 Å². The third-order valence-electron chi connectivity index (χ3n) is 4.09. The number of aryl methyl sites for hydroxylation is 1. The molecule has 0 heterocycles. The van der Waals surface area contributed by atoms with Crippen LogP contribution in [0.3, 0.4) is 0 Å². The van der Waals surface area contributed by atoms with Crippen LogP contribution in [0.1, 0.15) is 24.5 Å². The van der Waals surface area contributed by atoms with Crippen molar-refractivity contribution in [3.05, 3.63) is 63.6 Å². The molecular weight excluding hydrogens is 371 g/mol. The summed E-state index contributed by atoms with van der Waals surface area (Å²) in [5.41, 5.74) is 2.69. The maximum Gasteiger partial charge on any atom is 0.226 e. The molecular formula is C20H22Cl2N2O2. The van der Waals surface area contributed by atoms with Gasteiger partial charge in [0.05, 0.1) is 0 Å². The van der Waals surface area contributed by atoms with Gasteiger partial charge in [0.1, 0.15) is 0 Å². The summed E-state index contributed by atoms with van der Waals surface area (Å²) < 4.78 is 0. The van der Waals surface area contributed by atoms with Gasteiger partial charge < -0.3 is 10.2 Å². The molecule has 0 unspecified atom stereocenters. The fourth-order valence-electron chi connectivity index (χ4n) is 2.56. The summed E-state index contributed by atoms with van der Waals surface area (Å²) in [5, 5.41) is 4.09. The third kappa shape index (κ3) is 6.36. The second-order valence-corrected chi connectivity index (χ2v) is 7.02. The zero-order valence-electron chi connectivity index (χ0n) is 14.9. The minimum absolute atomic E-state index is 0.0567. The average molecular weight is 393 g/mol. The molecule has 0 aromatic heterocycles. The van der Waals surface area contributed by atoms with E-state index in [1.807, 2.05) is 37.3 Å². The van der Waals surface area contributed by atoms with Crippen LogP contribution in [-0.4, -0.2) is 29.8 Å². The molecule has 4 nitrogen and oxygen atoms in total. The highest BCUT2D eigenvalue weighted by atomic mass is 35.5. The number of nitrogens with zero attached hydrogens (tertiary/aromatic N) is 1. The largest absolute Gasteiger partial charge is 0.342 e. The Balaban J connectivity index is 1.88. The molecule has 0 saturated carbocycles. The van der Waals surface area contributed by atoms with Gasteiger partial charge in [-0.05, 0) is 48.7 Å². The maximum atomic E-state index is 12.2. The van der Waals surface area contributed by atoms with Crippen LogP contribution in [0.2, 0.25) is 10.0 Å². The van der Waals surface area contributed by atoms with E-state index in [1.54, 1.807) is 17.0 Å². The molecule has 0 bridgehead atoms. The van der Waals surface area contributed by atoms with Crippen molar-refractivity contribution in [2.45, 2.75) is 26.7 Å². The summed E-state index contributed by atoms with van der Waals surface area (Å²) in [7, 11) is 0. The molecule has 0 aliphatic heterocycles. The highest BCUT2D eigenvalue weighted by Gasteiger charge is 2.12. The number of hydrogen-bond donors (Lipinski definition) is 1. The van der Waals surface area contributed by atoms with Gasteiger partial charge >= 0.3 is 0 Å². The molecule has 2 aromatic carbocycles. The molecule has 0 aliphatic carbocycles. The standard InChI is InChI=1S/C20H22Cl2N2O2/c1-14-6-7-18(22)13-19(14)23-20(26)9-11-24(15(2)25)10-8-16-4-3-5-17(21)12-16/h3-7,12-13H,8-11H2,1-2H3,(H,23,26). The lowest BCUT2D eigenvalue weighted by Gasteiger charge is -2.21. The highest BCUT2D eigenvalue weighted by Crippen LogP contribution is 2.20. The van der Waals surface area contributed by atoms with E-state index in [-0.39, 0.29) is 18.2 Å². The van der Waals surface area contributed by atoms with Crippen molar-refractivity contribution in [3.8, 4) is 0 Å². The van der Waals surface area contributed by atoms with Gasteiger partial charge in [0.15, 0.2) is 0 Å². The molecule has 0 radical (unpaired) electrons. The summed E-state index contributed by atoms with van der Waals surface area (Å²) in [6, 6.07) is 12.9. The Kier molecular flexibility index (Phi) is 7.49. The van der Waals surface area contributed by atoms with E-state index in [2.05, 4.69) is 5.32 Å². The van der Waals surface area contributed by atoms with Crippen molar-refractivity contribution in [1.29, 1.82) is 0 Å². The smallest absolute Gasteiger partial charge is 0.226 e. The molecule has 0 spiro atoms. The fraction of sp³-hybridized carbons (Fsp3) is 0.300. The zero-order valence-corrected chi connectivity index (χ0v) is 16.4. The quantitative estimate of drug-likeness (QED) is 0.740. The first-order valence-corrected chi connectivity index (χ1v) is 9.16. The van der Waals surface area contributed by atoms with E-state index in [0.717, 1.165) is 11.1 Å². The predicted molar refractivity (Wildman–Crippen MR) is 107 cm³/mol. The number of anilines is 1. The Morgan fingerprint density at radius 1 is 1.04 bits per heavy atom. The van der Waals surface area contributed by atoms with Crippen LogP contribution in [-0.2, 0) is 16.0 Å². The molecule has 2 rings (SSSR count). The van der Waals surface area contributed by atoms with Crippen molar-refractivity contribution in [3.63, 3.8) is 0 Å². The summed E-state index contributed by atoms with van der Waals surface area (Å²) >= 11 is 11.9. The van der Waals surface area contributed by atoms with Gasteiger partial charge in [-0.15, -0.1) is 0 Å². The van der Waals surface area contributed by atoms with E-state index in [1.165, 1.54) is 6.92 Å². The first-order valence-electron chi connectivity index (χ1n) is 8.41. The first kappa shape index (κ1) is 20.3. The summed E-state index contributed by atoms with van der Waals surface area (Å²) in [6.07, 6.45) is 0.913. The lowest BCUT2D eigenvalue weighted by atomic mass is 10.1. The van der Waals surface area contributed by atoms with Crippen LogP contribution in [0.5, 0.6) is 0 Å². The molecule has 6 heteroatoms. The number of carbonyl (C=O) groups excluding carboxylic acids is 2. The van der Waals surface area contributed by atoms with Crippen LogP contribution < -0.4 is 5.32 Å². The first-order chi connectivity index (χ1) is 12.3. The lowest BCUT2D eigenvalue weighted by Crippen LogP contribution is -2.33. The van der Waals surface area contributed by atoms with Gasteiger partial charge in [0.25, 0.3) is 0 Å². The third-order valence-corrected chi connectivity index (χ3v) is 4.56. The van der Waals surface area contributed by atoms with E-state index in [9.17, 15) is 9.59 Å². The van der Waals surface area contributed by atoms with E-state index in [4.69, 9.17) is 23.2 Å². The van der Waals surface area contributed by atoms with Crippen LogP contribution in [0, 0.1) is 6.92 Å². The number of hydrogen-bond acceptors (Lipinski definition) is 2. The van der Waals surface area contributed by atoms with Crippen LogP contribution >= 0.6 is 23.2 Å². The number of amides is 2. The van der Waals surface area contributed by atoms with Crippen LogP contribution in [0.4, 0.5) is 5.69 Å². The Morgan fingerprint density at radius 2 is 1.77 bits per heavy atom. The number of carbonyl (C=O) groups is 2. The highest BCUT2D eigenvalue weighted by molar-refractivity contribution is 6.31. The number of nitrogens with one attached hydrogen (secondary N) is 1. The molecule has 2 aromatic rings. The SMILES string of the molecule is CC(=O)N(CCC(=O)Nc1cc(Cl)ccc1C)CCc1cccc(Cl)c1. The molecule has 1 N–H and O–H groups in total. The van der Waals surface area contributed by atoms with Gasteiger partial charge in [-0.2, -0.15) is 0 Å². The van der Waals surface area contributed by atoms with Crippen molar-refractivity contribution < 1.29 is 9.59 Å². The Labute approximate surface area is 164 Å². The van der Waals surface area contributed by atoms with Crippen molar-refractivity contribution in [2.75, 3.05) is 18.4 Å². The Bertz CT molecular complexity index is 793. The second-order valence-electron chi connectivity index (χ2n) is 6.14. The molecule has 0 atom stereocenters. The van der Waals surface area contributed by atoms with Crippen molar-refractivity contribution >= 4 is 40.7 Å². The van der Waals surface area contributed by atoms with Crippen molar-refractivity contribution in [1.82, 2.24) is 4.90 Å². The molecule has 0 aliphatic rings. The van der Waals surface area contributed by atoms with Gasteiger partial charge in [-0.3, -0.25) is 9.59 Å². The normalized spacial score (nSPS) is 10.5. The number of benzene rings is 2. The van der Waals surface area contributed by atoms with Gasteiger partial charge in [-0.25, -0.2) is 0 Å². The summed E-state index contributed by atoms with van der Waals surface area (Å²) in [6.45, 7) is 4.32. The second kappa shape index (κ2) is 9.60. The van der Waals surface area contributed by atoms with Crippen molar-refractivity contribution in [2.24, 2.45) is 0 Å². The average Bonchev–Trinajstić information content (AvgIpc) is 2.58. The Morgan fingerprint density at radius 3 is 2.46 bits per heavy atom. The molecule has 0 saturated heterocycles. The molecule has 26 heavy (non-hydrogen) atoms. The van der Waals surface area contributed by atoms with E-state index in [0.29, 0.717) is 35.2 Å². The van der Waals surface area contributed by atoms with Crippen LogP contribution in [0.25, 0.3) is 0 Å². The fourth-order valence-corrected chi connectivity index (χ4v) is 2.95. The molecule has 0 fully saturated rings. The van der Waals surface area contributed by atoms with E-state index >= 15 is 0 Å². The van der Waals surface area contributed by atoms with Crippen LogP contribution in [0.15, 0.2) is 42.5 Å². The van der Waals surface area contributed by atoms with E-state index < -0.39 is 0 Å². The summed E-state index contributed by atoms with van der Waals surface area (Å²) in [4.78, 5) is 25.7. The Hall–Kier alpha value is -2.04. The lowest BCUT2D eigenvalue weighted by molar-refractivity contribution is -0.129.